The van der Waals surface area contributed by atoms with E-state index in [0.717, 1.165) is 15.3 Å². The highest BCUT2D eigenvalue weighted by Crippen LogP contribution is 2.37. The Morgan fingerprint density at radius 1 is 1.31 bits per heavy atom. The van der Waals surface area contributed by atoms with Gasteiger partial charge in [0.2, 0.25) is 5.91 Å². The Kier molecular flexibility index (Phi) is 7.05. The van der Waals surface area contributed by atoms with Crippen LogP contribution in [0.4, 0.5) is 9.80 Å². The van der Waals surface area contributed by atoms with Gasteiger partial charge in [0.15, 0.2) is 0 Å². The van der Waals surface area contributed by atoms with E-state index in [-0.39, 0.29) is 11.7 Å². The van der Waals surface area contributed by atoms with Crippen molar-refractivity contribution in [2.24, 2.45) is 5.73 Å². The maximum Gasteiger partial charge on any atom is 0.410 e. The van der Waals surface area contributed by atoms with Crippen molar-refractivity contribution in [3.63, 3.8) is 0 Å². The monoisotopic (exact) mass is 453 g/mol. The van der Waals surface area contributed by atoms with Gasteiger partial charge in [0.1, 0.15) is 5.00 Å². The van der Waals surface area contributed by atoms with E-state index in [1.54, 1.807) is 24.0 Å². The first-order chi connectivity index (χ1) is 13.9. The SMILES string of the molecule is CCOC(=O)N1CCc2c(sc(NC(=O)CSc3ccc(Cl)cc3)c2C(N)=O)C1. The van der Waals surface area contributed by atoms with Gasteiger partial charge in [-0.15, -0.1) is 23.1 Å². The molecule has 3 N–H and O–H groups in total. The zero-order valence-electron chi connectivity index (χ0n) is 15.7. The van der Waals surface area contributed by atoms with Crippen LogP contribution in [-0.4, -0.2) is 41.7 Å². The third kappa shape index (κ3) is 5.23. The van der Waals surface area contributed by atoms with Crippen LogP contribution in [0.1, 0.15) is 27.7 Å². The van der Waals surface area contributed by atoms with Gasteiger partial charge in [-0.1, -0.05) is 11.6 Å². The predicted octanol–water partition coefficient (Wildman–Crippen LogP) is 3.75. The molecule has 0 radical (unpaired) electrons. The number of thiophene rings is 1. The number of carbonyl (C=O) groups excluding carboxylic acids is 3. The summed E-state index contributed by atoms with van der Waals surface area (Å²) >= 11 is 8.50. The molecule has 1 aromatic carbocycles. The molecule has 154 valence electrons. The van der Waals surface area contributed by atoms with Crippen molar-refractivity contribution in [1.29, 1.82) is 0 Å². The lowest BCUT2D eigenvalue weighted by Gasteiger charge is -2.26. The summed E-state index contributed by atoms with van der Waals surface area (Å²) in [6, 6.07) is 7.19. The summed E-state index contributed by atoms with van der Waals surface area (Å²) in [5, 5.41) is 3.85. The Morgan fingerprint density at radius 3 is 2.69 bits per heavy atom. The molecule has 0 unspecified atom stereocenters. The standard InChI is InChI=1S/C19H20ClN3O4S2/c1-2-27-19(26)23-8-7-13-14(9-23)29-18(16(13)17(21)25)22-15(24)10-28-12-5-3-11(20)4-6-12/h3-6H,2,7-10H2,1H3,(H2,21,25)(H,22,24). The molecule has 2 heterocycles. The van der Waals surface area contributed by atoms with E-state index in [4.69, 9.17) is 22.1 Å². The topological polar surface area (TPSA) is 102 Å². The average Bonchev–Trinajstić information content (AvgIpc) is 3.04. The zero-order chi connectivity index (χ0) is 21.0. The van der Waals surface area contributed by atoms with E-state index in [0.29, 0.717) is 41.7 Å². The number of nitrogens with one attached hydrogen (secondary N) is 1. The molecular weight excluding hydrogens is 434 g/mol. The van der Waals surface area contributed by atoms with Crippen LogP contribution in [0.25, 0.3) is 0 Å². The van der Waals surface area contributed by atoms with Crippen LogP contribution in [-0.2, 0) is 22.5 Å². The maximum absolute atomic E-state index is 12.4. The second-order valence-corrected chi connectivity index (χ2v) is 8.82. The van der Waals surface area contributed by atoms with Gasteiger partial charge in [0.05, 0.1) is 24.5 Å². The van der Waals surface area contributed by atoms with Gasteiger partial charge in [0.25, 0.3) is 5.91 Å². The van der Waals surface area contributed by atoms with E-state index < -0.39 is 12.0 Å². The van der Waals surface area contributed by atoms with Gasteiger partial charge < -0.3 is 20.7 Å². The second kappa shape index (κ2) is 9.51. The highest BCUT2D eigenvalue weighted by atomic mass is 35.5. The largest absolute Gasteiger partial charge is 0.450 e. The van der Waals surface area contributed by atoms with E-state index in [2.05, 4.69) is 5.32 Å². The number of halogens is 1. The number of hydrogen-bond acceptors (Lipinski definition) is 6. The molecule has 0 aliphatic carbocycles. The van der Waals surface area contributed by atoms with Crippen LogP contribution in [0.3, 0.4) is 0 Å². The molecule has 1 aliphatic rings. The lowest BCUT2D eigenvalue weighted by atomic mass is 10.0. The quantitative estimate of drug-likeness (QED) is 0.648. The van der Waals surface area contributed by atoms with Crippen LogP contribution in [0.2, 0.25) is 5.02 Å². The average molecular weight is 454 g/mol. The Hall–Kier alpha value is -2.23. The van der Waals surface area contributed by atoms with Gasteiger partial charge in [-0.2, -0.15) is 0 Å². The molecule has 7 nitrogen and oxygen atoms in total. The van der Waals surface area contributed by atoms with Crippen molar-refractivity contribution in [2.75, 3.05) is 24.2 Å². The Bertz CT molecular complexity index is 930. The predicted molar refractivity (Wildman–Crippen MR) is 115 cm³/mol. The number of nitrogens with two attached hydrogens (primary N) is 1. The molecule has 0 bridgehead atoms. The van der Waals surface area contributed by atoms with Gasteiger partial charge in [0, 0.05) is 21.3 Å². The van der Waals surface area contributed by atoms with Gasteiger partial charge >= 0.3 is 6.09 Å². The molecule has 2 aromatic rings. The molecule has 0 spiro atoms. The number of rotatable bonds is 6. The summed E-state index contributed by atoms with van der Waals surface area (Å²) < 4.78 is 5.05. The van der Waals surface area contributed by atoms with Crippen LogP contribution in [0.15, 0.2) is 29.2 Å². The number of nitrogens with zero attached hydrogens (tertiary/aromatic N) is 1. The lowest BCUT2D eigenvalue weighted by Crippen LogP contribution is -2.36. The minimum absolute atomic E-state index is 0.178. The number of thioether (sulfide) groups is 1. The number of primary amides is 1. The minimum atomic E-state index is -0.590. The molecule has 0 saturated heterocycles. The Labute approximate surface area is 181 Å². The molecule has 1 aliphatic heterocycles. The molecule has 0 fully saturated rings. The Morgan fingerprint density at radius 2 is 2.03 bits per heavy atom. The highest BCUT2D eigenvalue weighted by molar-refractivity contribution is 8.00. The van der Waals surface area contributed by atoms with Crippen molar-refractivity contribution in [3.05, 3.63) is 45.3 Å². The third-order valence-electron chi connectivity index (χ3n) is 4.27. The van der Waals surface area contributed by atoms with E-state index >= 15 is 0 Å². The number of amides is 3. The molecule has 3 amide bonds. The fraction of sp³-hybridized carbons (Fsp3) is 0.316. The summed E-state index contributed by atoms with van der Waals surface area (Å²) in [4.78, 5) is 39.7. The molecule has 10 heteroatoms. The summed E-state index contributed by atoms with van der Waals surface area (Å²) in [5.41, 5.74) is 6.70. The van der Waals surface area contributed by atoms with Crippen LogP contribution >= 0.6 is 34.7 Å². The van der Waals surface area contributed by atoms with Gasteiger partial charge in [-0.25, -0.2) is 4.79 Å². The smallest absolute Gasteiger partial charge is 0.410 e. The molecule has 29 heavy (non-hydrogen) atoms. The molecule has 0 saturated carbocycles. The highest BCUT2D eigenvalue weighted by Gasteiger charge is 2.30. The first kappa shape index (κ1) is 21.5. The van der Waals surface area contributed by atoms with Crippen LogP contribution in [0.5, 0.6) is 0 Å². The van der Waals surface area contributed by atoms with E-state index in [1.165, 1.54) is 23.1 Å². The zero-order valence-corrected chi connectivity index (χ0v) is 18.1. The number of benzene rings is 1. The van der Waals surface area contributed by atoms with E-state index in [9.17, 15) is 14.4 Å². The molecule has 3 rings (SSSR count). The van der Waals surface area contributed by atoms with E-state index in [1.807, 2.05) is 12.1 Å². The van der Waals surface area contributed by atoms with Crippen LogP contribution < -0.4 is 11.1 Å². The number of hydrogen-bond donors (Lipinski definition) is 2. The van der Waals surface area contributed by atoms with Crippen molar-refractivity contribution >= 4 is 57.6 Å². The second-order valence-electron chi connectivity index (χ2n) is 6.23. The summed E-state index contributed by atoms with van der Waals surface area (Å²) in [7, 11) is 0. The first-order valence-corrected chi connectivity index (χ1v) is 11.1. The van der Waals surface area contributed by atoms with Gasteiger partial charge in [-0.05, 0) is 43.2 Å². The van der Waals surface area contributed by atoms with Crippen LogP contribution in [0, 0.1) is 0 Å². The third-order valence-corrected chi connectivity index (χ3v) is 6.66. The first-order valence-electron chi connectivity index (χ1n) is 8.93. The Balaban J connectivity index is 1.70. The van der Waals surface area contributed by atoms with Crippen molar-refractivity contribution in [1.82, 2.24) is 4.90 Å². The normalized spacial score (nSPS) is 13.0. The number of anilines is 1. The number of ether oxygens (including phenoxy) is 1. The van der Waals surface area contributed by atoms with Crippen molar-refractivity contribution < 1.29 is 19.1 Å². The molecular formula is C19H20ClN3O4S2. The summed E-state index contributed by atoms with van der Waals surface area (Å²) in [6.45, 7) is 2.81. The fourth-order valence-electron chi connectivity index (χ4n) is 2.97. The molecule has 0 atom stereocenters. The summed E-state index contributed by atoms with van der Waals surface area (Å²) in [5.74, 6) is -0.654. The molecule has 1 aromatic heterocycles. The van der Waals surface area contributed by atoms with Gasteiger partial charge in [-0.3, -0.25) is 9.59 Å². The minimum Gasteiger partial charge on any atom is -0.450 e. The number of fused-ring (bicyclic) bond motifs is 1. The summed E-state index contributed by atoms with van der Waals surface area (Å²) in [6.07, 6.45) is 0.0929. The lowest BCUT2D eigenvalue weighted by molar-refractivity contribution is -0.113. The van der Waals surface area contributed by atoms with Crippen molar-refractivity contribution in [2.45, 2.75) is 24.8 Å². The maximum atomic E-state index is 12.4. The number of carbonyl (C=O) groups is 3. The van der Waals surface area contributed by atoms with Crippen molar-refractivity contribution in [3.8, 4) is 0 Å². The fourth-order valence-corrected chi connectivity index (χ4v) is 5.07.